The third-order valence-electron chi connectivity index (χ3n) is 2.07. The van der Waals surface area contributed by atoms with Crippen LogP contribution in [0.25, 0.3) is 11.5 Å². The summed E-state index contributed by atoms with van der Waals surface area (Å²) in [6.45, 7) is 0. The maximum absolute atomic E-state index is 4.25. The first kappa shape index (κ1) is 8.72. The number of hydrogen-bond donors (Lipinski definition) is 0. The third-order valence-corrected chi connectivity index (χ3v) is 2.07. The Morgan fingerprint density at radius 2 is 1.62 bits per heavy atom. The molecule has 0 spiro atoms. The molecule has 0 fully saturated rings. The van der Waals surface area contributed by atoms with E-state index >= 15 is 0 Å². The lowest BCUT2D eigenvalue weighted by molar-refractivity contribution is 0.830. The van der Waals surface area contributed by atoms with Crippen molar-refractivity contribution in [2.75, 3.05) is 0 Å². The zero-order valence-corrected chi connectivity index (χ0v) is 8.17. The van der Waals surface area contributed by atoms with Crippen LogP contribution in [0.15, 0.2) is 43.6 Å². The van der Waals surface area contributed by atoms with Crippen molar-refractivity contribution >= 4 is 0 Å². The van der Waals surface area contributed by atoms with Crippen LogP contribution in [0.4, 0.5) is 0 Å². The van der Waals surface area contributed by atoms with Gasteiger partial charge in [0, 0.05) is 0 Å². The average Bonchev–Trinajstić information content (AvgIpc) is 3.03. The first-order valence-corrected chi connectivity index (χ1v) is 4.59. The topological polar surface area (TPSA) is 74.3 Å². The van der Waals surface area contributed by atoms with Crippen LogP contribution in [-0.4, -0.2) is 34.5 Å². The van der Waals surface area contributed by atoms with Gasteiger partial charge in [-0.2, -0.15) is 10.2 Å². The summed E-state index contributed by atoms with van der Waals surface area (Å²) in [7, 11) is 0. The molecule has 78 valence electrons. The molecule has 0 bridgehead atoms. The Labute approximate surface area is 90.4 Å². The Kier molecular flexibility index (Phi) is 1.93. The van der Waals surface area contributed by atoms with Crippen LogP contribution >= 0.6 is 0 Å². The van der Waals surface area contributed by atoms with Crippen molar-refractivity contribution in [3.63, 3.8) is 0 Å². The molecule has 0 aromatic carbocycles. The SMILES string of the molecule is c1ncn(-c2ccc(-n3cncn3)nc2)n1. The zero-order valence-electron chi connectivity index (χ0n) is 8.17. The van der Waals surface area contributed by atoms with E-state index in [2.05, 4.69) is 25.1 Å². The molecule has 0 radical (unpaired) electrons. The molecule has 0 N–H and O–H groups in total. The molecule has 3 heterocycles. The first-order chi connectivity index (χ1) is 7.93. The minimum Gasteiger partial charge on any atom is -0.235 e. The Morgan fingerprint density at radius 3 is 2.19 bits per heavy atom. The highest BCUT2D eigenvalue weighted by molar-refractivity contribution is 5.32. The lowest BCUT2D eigenvalue weighted by Gasteiger charge is -2.01. The summed E-state index contributed by atoms with van der Waals surface area (Å²) in [5, 5.41) is 8.00. The van der Waals surface area contributed by atoms with E-state index < -0.39 is 0 Å². The van der Waals surface area contributed by atoms with Gasteiger partial charge in [0.1, 0.15) is 25.3 Å². The minimum atomic E-state index is 0.710. The van der Waals surface area contributed by atoms with E-state index in [-0.39, 0.29) is 0 Å². The van der Waals surface area contributed by atoms with Gasteiger partial charge in [-0.15, -0.1) is 0 Å². The zero-order chi connectivity index (χ0) is 10.8. The second-order valence-electron chi connectivity index (χ2n) is 3.05. The standard InChI is InChI=1S/C9H7N7/c1-2-9(16-7-11-5-14-16)12-3-8(1)15-6-10-4-13-15/h1-7H. The molecule has 3 aromatic rings. The van der Waals surface area contributed by atoms with Gasteiger partial charge in [-0.05, 0) is 12.1 Å². The smallest absolute Gasteiger partial charge is 0.155 e. The van der Waals surface area contributed by atoms with E-state index in [4.69, 9.17) is 0 Å². The fraction of sp³-hybridized carbons (Fsp3) is 0. The number of rotatable bonds is 2. The predicted octanol–water partition coefficient (Wildman–Crippen LogP) is 0.243. The fourth-order valence-electron chi connectivity index (χ4n) is 1.32. The second kappa shape index (κ2) is 3.54. The molecule has 16 heavy (non-hydrogen) atoms. The molecule has 7 heteroatoms. The van der Waals surface area contributed by atoms with Gasteiger partial charge >= 0.3 is 0 Å². The summed E-state index contributed by atoms with van der Waals surface area (Å²) in [5.74, 6) is 0.710. The Morgan fingerprint density at radius 1 is 0.875 bits per heavy atom. The van der Waals surface area contributed by atoms with Crippen LogP contribution in [0.1, 0.15) is 0 Å². The Bertz CT molecular complexity index is 499. The van der Waals surface area contributed by atoms with Gasteiger partial charge in [0.25, 0.3) is 0 Å². The van der Waals surface area contributed by atoms with E-state index in [9.17, 15) is 0 Å². The monoisotopic (exact) mass is 213 g/mol. The highest BCUT2D eigenvalue weighted by Gasteiger charge is 2.00. The predicted molar refractivity (Wildman–Crippen MR) is 54.1 cm³/mol. The van der Waals surface area contributed by atoms with Gasteiger partial charge in [0.05, 0.1) is 11.9 Å². The van der Waals surface area contributed by atoms with Crippen LogP contribution in [0.2, 0.25) is 0 Å². The van der Waals surface area contributed by atoms with E-state index in [0.717, 1.165) is 5.69 Å². The molecule has 0 atom stereocenters. The van der Waals surface area contributed by atoms with Crippen LogP contribution in [0, 0.1) is 0 Å². The highest BCUT2D eigenvalue weighted by atomic mass is 15.3. The molecule has 7 nitrogen and oxygen atoms in total. The van der Waals surface area contributed by atoms with E-state index in [1.54, 1.807) is 28.2 Å². The molecule has 0 saturated heterocycles. The maximum atomic E-state index is 4.25. The molecule has 0 aliphatic heterocycles. The molecule has 0 aliphatic carbocycles. The fourth-order valence-corrected chi connectivity index (χ4v) is 1.32. The van der Waals surface area contributed by atoms with Crippen molar-refractivity contribution < 1.29 is 0 Å². The molecule has 0 unspecified atom stereocenters. The summed E-state index contributed by atoms with van der Waals surface area (Å²) < 4.78 is 3.23. The average molecular weight is 213 g/mol. The minimum absolute atomic E-state index is 0.710. The molecule has 0 amide bonds. The third kappa shape index (κ3) is 1.44. The van der Waals surface area contributed by atoms with Crippen molar-refractivity contribution in [3.8, 4) is 11.5 Å². The molecule has 0 saturated carbocycles. The lowest BCUT2D eigenvalue weighted by atomic mass is 10.4. The second-order valence-corrected chi connectivity index (χ2v) is 3.05. The summed E-state index contributed by atoms with van der Waals surface area (Å²) in [6.07, 6.45) is 7.85. The van der Waals surface area contributed by atoms with Crippen LogP contribution in [0.5, 0.6) is 0 Å². The largest absolute Gasteiger partial charge is 0.235 e. The van der Waals surface area contributed by atoms with Gasteiger partial charge in [0.2, 0.25) is 0 Å². The van der Waals surface area contributed by atoms with Crippen molar-refractivity contribution in [2.45, 2.75) is 0 Å². The number of nitrogens with zero attached hydrogens (tertiary/aromatic N) is 7. The van der Waals surface area contributed by atoms with Crippen LogP contribution in [0.3, 0.4) is 0 Å². The number of hydrogen-bond acceptors (Lipinski definition) is 5. The summed E-state index contributed by atoms with van der Waals surface area (Å²) in [4.78, 5) is 12.0. The Balaban J connectivity index is 1.97. The number of pyridine rings is 1. The van der Waals surface area contributed by atoms with E-state index in [1.165, 1.54) is 12.7 Å². The number of aromatic nitrogens is 7. The van der Waals surface area contributed by atoms with E-state index in [0.29, 0.717) is 5.82 Å². The summed E-state index contributed by atoms with van der Waals surface area (Å²) in [5.41, 5.74) is 0.848. The van der Waals surface area contributed by atoms with Gasteiger partial charge < -0.3 is 0 Å². The molecular formula is C9H7N7. The van der Waals surface area contributed by atoms with Gasteiger partial charge in [-0.3, -0.25) is 0 Å². The molecule has 3 aromatic heterocycles. The summed E-state index contributed by atoms with van der Waals surface area (Å²) in [6, 6.07) is 3.73. The molecule has 3 rings (SSSR count). The van der Waals surface area contributed by atoms with Gasteiger partial charge in [-0.25, -0.2) is 24.3 Å². The van der Waals surface area contributed by atoms with Crippen molar-refractivity contribution in [1.29, 1.82) is 0 Å². The first-order valence-electron chi connectivity index (χ1n) is 4.59. The van der Waals surface area contributed by atoms with E-state index in [1.807, 2.05) is 12.1 Å². The van der Waals surface area contributed by atoms with Crippen molar-refractivity contribution in [1.82, 2.24) is 34.5 Å². The Hall–Kier alpha value is -2.57. The van der Waals surface area contributed by atoms with Gasteiger partial charge in [-0.1, -0.05) is 0 Å². The normalized spacial score (nSPS) is 10.5. The molecular weight excluding hydrogens is 206 g/mol. The summed E-state index contributed by atoms with van der Waals surface area (Å²) >= 11 is 0. The van der Waals surface area contributed by atoms with Gasteiger partial charge in [0.15, 0.2) is 5.82 Å². The van der Waals surface area contributed by atoms with Crippen LogP contribution in [-0.2, 0) is 0 Å². The lowest BCUT2D eigenvalue weighted by Crippen LogP contribution is -2.00. The van der Waals surface area contributed by atoms with Crippen molar-refractivity contribution in [2.24, 2.45) is 0 Å². The molecule has 0 aliphatic rings. The maximum Gasteiger partial charge on any atom is 0.155 e. The highest BCUT2D eigenvalue weighted by Crippen LogP contribution is 2.06. The van der Waals surface area contributed by atoms with Crippen molar-refractivity contribution in [3.05, 3.63) is 43.6 Å². The quantitative estimate of drug-likeness (QED) is 0.609. The van der Waals surface area contributed by atoms with Crippen LogP contribution < -0.4 is 0 Å².